The third kappa shape index (κ3) is 6.57. The molecule has 1 aliphatic heterocycles. The minimum Gasteiger partial charge on any atom is -0.493 e. The number of nitrogens with zero attached hydrogens (tertiary/aromatic N) is 2. The van der Waals surface area contributed by atoms with Crippen molar-refractivity contribution in [1.82, 2.24) is 4.57 Å². The Kier molecular flexibility index (Phi) is 9.11. The Morgan fingerprint density at radius 3 is 2.47 bits per heavy atom. The van der Waals surface area contributed by atoms with E-state index in [1.54, 1.807) is 31.6 Å². The predicted octanol–water partition coefficient (Wildman–Crippen LogP) is 5.17. The molecule has 2 heterocycles. The summed E-state index contributed by atoms with van der Waals surface area (Å²) < 4.78 is 24.8. The van der Waals surface area contributed by atoms with Crippen LogP contribution in [0.5, 0.6) is 17.2 Å². The molecule has 0 unspecified atom stereocenters. The van der Waals surface area contributed by atoms with E-state index in [0.29, 0.717) is 44.5 Å². The molecule has 0 aliphatic carbocycles. The van der Waals surface area contributed by atoms with Crippen LogP contribution in [-0.2, 0) is 16.1 Å². The van der Waals surface area contributed by atoms with E-state index >= 15 is 0 Å². The number of ether oxygens (including phenoxy) is 4. The van der Waals surface area contributed by atoms with Gasteiger partial charge in [0.05, 0.1) is 41.7 Å². The summed E-state index contributed by atoms with van der Waals surface area (Å²) in [6.07, 6.45) is 1.82. The van der Waals surface area contributed by atoms with Crippen molar-refractivity contribution in [3.63, 3.8) is 0 Å². The molecule has 1 atom stereocenters. The second-order valence-electron chi connectivity index (χ2n) is 10.2. The Bertz CT molecular complexity index is 1820. The Hall–Kier alpha value is -4.63. The number of allylic oxidation sites excluding steroid dienone is 1. The second-order valence-corrected chi connectivity index (χ2v) is 11.2. The molecule has 0 saturated heterocycles. The number of benzene rings is 3. The van der Waals surface area contributed by atoms with E-state index < -0.39 is 12.0 Å². The molecule has 1 aromatic heterocycles. The van der Waals surface area contributed by atoms with Gasteiger partial charge in [-0.05, 0) is 74.7 Å². The van der Waals surface area contributed by atoms with Crippen molar-refractivity contribution in [2.45, 2.75) is 46.4 Å². The lowest BCUT2D eigenvalue weighted by molar-refractivity contribution is -0.139. The first-order chi connectivity index (χ1) is 20.8. The Morgan fingerprint density at radius 2 is 1.79 bits per heavy atom. The van der Waals surface area contributed by atoms with Gasteiger partial charge in [-0.15, -0.1) is 0 Å². The Balaban J connectivity index is 1.54. The maximum atomic E-state index is 14.0. The van der Waals surface area contributed by atoms with Gasteiger partial charge in [0.15, 0.2) is 16.3 Å². The highest BCUT2D eigenvalue weighted by Crippen LogP contribution is 2.32. The number of thiazole rings is 1. The van der Waals surface area contributed by atoms with Crippen LogP contribution in [0, 0.1) is 0 Å². The predicted molar refractivity (Wildman–Crippen MR) is 166 cm³/mol. The molecule has 0 amide bonds. The summed E-state index contributed by atoms with van der Waals surface area (Å²) in [6.45, 7) is 8.05. The molecule has 0 saturated carbocycles. The van der Waals surface area contributed by atoms with Gasteiger partial charge in [-0.2, -0.15) is 0 Å². The molecule has 0 N–H and O–H groups in total. The third-order valence-electron chi connectivity index (χ3n) is 6.81. The van der Waals surface area contributed by atoms with Gasteiger partial charge in [-0.25, -0.2) is 9.79 Å². The molecule has 1 aliphatic rings. The van der Waals surface area contributed by atoms with Crippen LogP contribution in [0.3, 0.4) is 0 Å². The van der Waals surface area contributed by atoms with Crippen LogP contribution in [-0.4, -0.2) is 30.4 Å². The number of esters is 1. The van der Waals surface area contributed by atoms with Crippen molar-refractivity contribution >= 4 is 23.4 Å². The smallest absolute Gasteiger partial charge is 0.338 e. The van der Waals surface area contributed by atoms with E-state index in [0.717, 1.165) is 16.7 Å². The van der Waals surface area contributed by atoms with Gasteiger partial charge in [0.1, 0.15) is 12.4 Å². The van der Waals surface area contributed by atoms with Crippen molar-refractivity contribution in [2.75, 3.05) is 13.7 Å². The number of hydrogen-bond donors (Lipinski definition) is 0. The van der Waals surface area contributed by atoms with Gasteiger partial charge in [0.2, 0.25) is 0 Å². The van der Waals surface area contributed by atoms with Crippen LogP contribution < -0.4 is 29.1 Å². The van der Waals surface area contributed by atoms with E-state index in [1.165, 1.54) is 11.3 Å². The van der Waals surface area contributed by atoms with Crippen molar-refractivity contribution < 1.29 is 23.7 Å². The van der Waals surface area contributed by atoms with Crippen LogP contribution >= 0.6 is 11.3 Å². The topological polar surface area (TPSA) is 88.4 Å². The average molecular weight is 599 g/mol. The minimum atomic E-state index is -0.700. The highest BCUT2D eigenvalue weighted by atomic mass is 32.1. The molecule has 5 rings (SSSR count). The summed E-state index contributed by atoms with van der Waals surface area (Å²) >= 11 is 1.27. The molecule has 222 valence electrons. The highest BCUT2D eigenvalue weighted by Gasteiger charge is 2.33. The quantitative estimate of drug-likeness (QED) is 0.234. The number of methoxy groups -OCH3 is 1. The average Bonchev–Trinajstić information content (AvgIpc) is 3.30. The molecular weight excluding hydrogens is 564 g/mol. The summed E-state index contributed by atoms with van der Waals surface area (Å²) in [7, 11) is 1.58. The van der Waals surface area contributed by atoms with Gasteiger partial charge in [-0.1, -0.05) is 59.9 Å². The molecule has 0 bridgehead atoms. The van der Waals surface area contributed by atoms with Crippen LogP contribution in [0.1, 0.15) is 50.4 Å². The Morgan fingerprint density at radius 1 is 1.05 bits per heavy atom. The van der Waals surface area contributed by atoms with Gasteiger partial charge < -0.3 is 18.9 Å². The molecular formula is C34H34N2O6S. The first-order valence-corrected chi connectivity index (χ1v) is 14.9. The molecule has 4 aromatic rings. The lowest BCUT2D eigenvalue weighted by Crippen LogP contribution is -2.39. The fourth-order valence-corrected chi connectivity index (χ4v) is 5.93. The molecule has 9 heteroatoms. The molecule has 0 radical (unpaired) electrons. The van der Waals surface area contributed by atoms with Crippen molar-refractivity contribution in [3.8, 4) is 17.2 Å². The maximum Gasteiger partial charge on any atom is 0.338 e. The lowest BCUT2D eigenvalue weighted by atomic mass is 9.96. The summed E-state index contributed by atoms with van der Waals surface area (Å²) in [4.78, 5) is 32.3. The number of aromatic nitrogens is 1. The van der Waals surface area contributed by atoms with E-state index in [2.05, 4.69) is 4.99 Å². The number of hydrogen-bond acceptors (Lipinski definition) is 8. The van der Waals surface area contributed by atoms with Crippen molar-refractivity contribution in [1.29, 1.82) is 0 Å². The van der Waals surface area contributed by atoms with Gasteiger partial charge in [0, 0.05) is 0 Å². The highest BCUT2D eigenvalue weighted by molar-refractivity contribution is 7.07. The van der Waals surface area contributed by atoms with Crippen LogP contribution in [0.2, 0.25) is 0 Å². The first kappa shape index (κ1) is 29.8. The largest absolute Gasteiger partial charge is 0.493 e. The van der Waals surface area contributed by atoms with E-state index in [-0.39, 0.29) is 18.3 Å². The first-order valence-electron chi connectivity index (χ1n) is 14.1. The third-order valence-corrected chi connectivity index (χ3v) is 7.79. The fourth-order valence-electron chi connectivity index (χ4n) is 4.89. The zero-order valence-electron chi connectivity index (χ0n) is 24.8. The monoisotopic (exact) mass is 598 g/mol. The molecule has 0 fully saturated rings. The minimum absolute atomic E-state index is 0.0175. The van der Waals surface area contributed by atoms with E-state index in [1.807, 2.05) is 86.6 Å². The van der Waals surface area contributed by atoms with Crippen LogP contribution in [0.4, 0.5) is 0 Å². The zero-order valence-corrected chi connectivity index (χ0v) is 25.6. The maximum absolute atomic E-state index is 14.0. The van der Waals surface area contributed by atoms with Crippen LogP contribution in [0.25, 0.3) is 6.08 Å². The SMILES string of the molecule is CCOC(=O)C1=C(C)N=c2s/c(=C\c3ccc(OCc4ccccc4)c(OC)c3)c(=O)n2[C@@H]1c1ccc(OC(C)C)cc1. The number of carbonyl (C=O) groups excluding carboxylic acids is 1. The summed E-state index contributed by atoms with van der Waals surface area (Å²) in [6, 6.07) is 22.2. The van der Waals surface area contributed by atoms with E-state index in [4.69, 9.17) is 18.9 Å². The van der Waals surface area contributed by atoms with Crippen molar-refractivity contribution in [3.05, 3.63) is 120 Å². The standard InChI is InChI=1S/C34H34N2O6S/c1-6-40-33(38)30-22(4)35-34-36(31(30)25-13-15-26(16-14-25)42-21(2)3)32(37)29(43-34)19-24-12-17-27(28(18-24)39-5)41-20-23-10-8-7-9-11-23/h7-19,21,31H,6,20H2,1-5H3/b29-19-/t31-/m1/s1. The molecule has 0 spiro atoms. The summed E-state index contributed by atoms with van der Waals surface area (Å²) in [5.74, 6) is 1.36. The van der Waals surface area contributed by atoms with Crippen LogP contribution in [0.15, 0.2) is 93.9 Å². The Labute approximate surface area is 254 Å². The van der Waals surface area contributed by atoms with E-state index in [9.17, 15) is 9.59 Å². The molecule has 3 aromatic carbocycles. The fraction of sp³-hybridized carbons (Fsp3) is 0.265. The molecule has 43 heavy (non-hydrogen) atoms. The van der Waals surface area contributed by atoms with Gasteiger partial charge in [-0.3, -0.25) is 9.36 Å². The van der Waals surface area contributed by atoms with Gasteiger partial charge in [0.25, 0.3) is 5.56 Å². The van der Waals surface area contributed by atoms with Gasteiger partial charge >= 0.3 is 5.97 Å². The molecule has 8 nitrogen and oxygen atoms in total. The number of carbonyl (C=O) groups is 1. The zero-order chi connectivity index (χ0) is 30.5. The summed E-state index contributed by atoms with van der Waals surface area (Å²) in [5, 5.41) is 0. The number of fused-ring (bicyclic) bond motifs is 1. The lowest BCUT2D eigenvalue weighted by Gasteiger charge is -2.25. The second kappa shape index (κ2) is 13.1. The number of rotatable bonds is 10. The summed E-state index contributed by atoms with van der Waals surface area (Å²) in [5.41, 5.74) is 3.16. The van der Waals surface area contributed by atoms with Crippen molar-refractivity contribution in [2.24, 2.45) is 4.99 Å². The normalized spacial score (nSPS) is 14.7.